The topological polar surface area (TPSA) is 12.0 Å². The number of halogens is 2. The predicted molar refractivity (Wildman–Crippen MR) is 80.9 cm³/mol. The Bertz CT molecular complexity index is 542. The average Bonchev–Trinajstić information content (AvgIpc) is 2.39. The lowest BCUT2D eigenvalue weighted by Gasteiger charge is -2.18. The van der Waals surface area contributed by atoms with Gasteiger partial charge in [0.05, 0.1) is 0 Å². The third-order valence-electron chi connectivity index (χ3n) is 3.17. The van der Waals surface area contributed by atoms with Gasteiger partial charge < -0.3 is 5.32 Å². The summed E-state index contributed by atoms with van der Waals surface area (Å²) >= 11 is 3.59. The molecule has 19 heavy (non-hydrogen) atoms. The summed E-state index contributed by atoms with van der Waals surface area (Å²) in [6, 6.07) is 15.0. The van der Waals surface area contributed by atoms with Gasteiger partial charge in [-0.2, -0.15) is 0 Å². The minimum absolute atomic E-state index is 0.173. The third-order valence-corrected chi connectivity index (χ3v) is 3.89. The highest BCUT2D eigenvalue weighted by molar-refractivity contribution is 9.10. The quantitative estimate of drug-likeness (QED) is 0.873. The fourth-order valence-electron chi connectivity index (χ4n) is 2.29. The van der Waals surface area contributed by atoms with E-state index in [0.717, 1.165) is 23.0 Å². The highest BCUT2D eigenvalue weighted by atomic mass is 79.9. The molecule has 0 saturated heterocycles. The Morgan fingerprint density at radius 2 is 1.95 bits per heavy atom. The maximum atomic E-state index is 13.3. The number of rotatable bonds is 5. The van der Waals surface area contributed by atoms with Crippen molar-refractivity contribution in [3.8, 4) is 0 Å². The van der Waals surface area contributed by atoms with Crippen LogP contribution in [0.3, 0.4) is 0 Å². The summed E-state index contributed by atoms with van der Waals surface area (Å²) in [5, 5.41) is 3.21. The molecule has 0 fully saturated rings. The lowest BCUT2D eigenvalue weighted by molar-refractivity contribution is 0.607. The molecule has 1 unspecified atom stereocenters. The maximum absolute atomic E-state index is 13.3. The molecule has 0 saturated carbocycles. The second kappa shape index (κ2) is 6.83. The van der Waals surface area contributed by atoms with Crippen molar-refractivity contribution in [2.24, 2.45) is 0 Å². The van der Waals surface area contributed by atoms with Gasteiger partial charge in [-0.15, -0.1) is 0 Å². The number of hydrogen-bond acceptors (Lipinski definition) is 1. The Morgan fingerprint density at radius 3 is 2.63 bits per heavy atom. The molecule has 0 aromatic heterocycles. The molecule has 0 spiro atoms. The fraction of sp³-hybridized carbons (Fsp3) is 0.250. The molecule has 1 atom stereocenters. The molecule has 2 aromatic rings. The van der Waals surface area contributed by atoms with Gasteiger partial charge in [-0.1, -0.05) is 46.3 Å². The minimum Gasteiger partial charge on any atom is -0.319 e. The molecule has 1 N–H and O–H groups in total. The van der Waals surface area contributed by atoms with E-state index in [9.17, 15) is 4.39 Å². The van der Waals surface area contributed by atoms with E-state index in [2.05, 4.69) is 27.3 Å². The standard InChI is InChI=1S/C16H17BrFN/c1-19-11-13(15-7-2-3-8-16(15)17)9-12-5-4-6-14(18)10-12/h2-8,10,13,19H,9,11H2,1H3. The van der Waals surface area contributed by atoms with Crippen LogP contribution in [0.5, 0.6) is 0 Å². The Labute approximate surface area is 122 Å². The van der Waals surface area contributed by atoms with E-state index < -0.39 is 0 Å². The molecule has 0 heterocycles. The Kier molecular flexibility index (Phi) is 5.11. The van der Waals surface area contributed by atoms with E-state index in [1.807, 2.05) is 31.3 Å². The molecule has 100 valence electrons. The van der Waals surface area contributed by atoms with Crippen LogP contribution in [0.15, 0.2) is 53.0 Å². The molecule has 1 nitrogen and oxygen atoms in total. The molecule has 0 aliphatic carbocycles. The van der Waals surface area contributed by atoms with E-state index in [4.69, 9.17) is 0 Å². The molecule has 0 radical (unpaired) electrons. The minimum atomic E-state index is -0.173. The van der Waals surface area contributed by atoms with Crippen molar-refractivity contribution in [3.63, 3.8) is 0 Å². The second-order valence-electron chi connectivity index (χ2n) is 4.61. The first-order valence-corrected chi connectivity index (χ1v) is 7.13. The van der Waals surface area contributed by atoms with Gasteiger partial charge in [0, 0.05) is 16.9 Å². The first-order valence-electron chi connectivity index (χ1n) is 6.34. The van der Waals surface area contributed by atoms with Gasteiger partial charge in [-0.25, -0.2) is 4.39 Å². The van der Waals surface area contributed by atoms with Crippen molar-refractivity contribution >= 4 is 15.9 Å². The third kappa shape index (κ3) is 3.88. The summed E-state index contributed by atoms with van der Waals surface area (Å²) in [4.78, 5) is 0. The average molecular weight is 322 g/mol. The van der Waals surface area contributed by atoms with Crippen LogP contribution in [-0.4, -0.2) is 13.6 Å². The molecule has 2 aromatic carbocycles. The van der Waals surface area contributed by atoms with Crippen molar-refractivity contribution in [1.82, 2.24) is 5.32 Å². The number of hydrogen-bond donors (Lipinski definition) is 1. The zero-order valence-corrected chi connectivity index (χ0v) is 12.5. The first kappa shape index (κ1) is 14.2. The number of likely N-dealkylation sites (N-methyl/N-ethyl adjacent to an activating group) is 1. The van der Waals surface area contributed by atoms with Crippen molar-refractivity contribution < 1.29 is 4.39 Å². The SMILES string of the molecule is CNCC(Cc1cccc(F)c1)c1ccccc1Br. The van der Waals surface area contributed by atoms with Gasteiger partial charge in [-0.3, -0.25) is 0 Å². The molecule has 0 bridgehead atoms. The number of nitrogens with one attached hydrogen (secondary N) is 1. The Balaban J connectivity index is 2.24. The van der Waals surface area contributed by atoms with Crippen LogP contribution in [0.4, 0.5) is 4.39 Å². The number of benzene rings is 2. The van der Waals surface area contributed by atoms with Crippen LogP contribution in [0, 0.1) is 5.82 Å². The van der Waals surface area contributed by atoms with E-state index in [1.54, 1.807) is 12.1 Å². The summed E-state index contributed by atoms with van der Waals surface area (Å²) in [5.41, 5.74) is 2.28. The monoisotopic (exact) mass is 321 g/mol. The largest absolute Gasteiger partial charge is 0.319 e. The van der Waals surface area contributed by atoms with E-state index >= 15 is 0 Å². The molecule has 2 rings (SSSR count). The summed E-state index contributed by atoms with van der Waals surface area (Å²) in [7, 11) is 1.94. The normalized spacial score (nSPS) is 12.4. The molecule has 0 aliphatic heterocycles. The Hall–Kier alpha value is -1.19. The van der Waals surface area contributed by atoms with Gasteiger partial charge in [0.1, 0.15) is 5.82 Å². The van der Waals surface area contributed by atoms with E-state index in [-0.39, 0.29) is 5.82 Å². The van der Waals surface area contributed by atoms with Crippen LogP contribution in [0.1, 0.15) is 17.0 Å². The molecule has 0 amide bonds. The van der Waals surface area contributed by atoms with Crippen LogP contribution in [0.25, 0.3) is 0 Å². The van der Waals surface area contributed by atoms with Crippen molar-refractivity contribution in [3.05, 3.63) is 69.9 Å². The smallest absolute Gasteiger partial charge is 0.123 e. The van der Waals surface area contributed by atoms with Crippen molar-refractivity contribution in [1.29, 1.82) is 0 Å². The molecule has 3 heteroatoms. The highest BCUT2D eigenvalue weighted by Gasteiger charge is 2.14. The predicted octanol–water partition coefficient (Wildman–Crippen LogP) is 4.13. The van der Waals surface area contributed by atoms with Crippen LogP contribution in [0.2, 0.25) is 0 Å². The maximum Gasteiger partial charge on any atom is 0.123 e. The van der Waals surface area contributed by atoms with Gasteiger partial charge >= 0.3 is 0 Å². The van der Waals surface area contributed by atoms with Crippen LogP contribution >= 0.6 is 15.9 Å². The van der Waals surface area contributed by atoms with Crippen molar-refractivity contribution in [2.75, 3.05) is 13.6 Å². The van der Waals surface area contributed by atoms with Gasteiger partial charge in [0.15, 0.2) is 0 Å². The van der Waals surface area contributed by atoms with Gasteiger partial charge in [0.25, 0.3) is 0 Å². The zero-order valence-electron chi connectivity index (χ0n) is 10.9. The molecular formula is C16H17BrFN. The fourth-order valence-corrected chi connectivity index (χ4v) is 2.90. The summed E-state index contributed by atoms with van der Waals surface area (Å²) in [5.74, 6) is 0.148. The molecular weight excluding hydrogens is 305 g/mol. The summed E-state index contributed by atoms with van der Waals surface area (Å²) < 4.78 is 14.4. The zero-order chi connectivity index (χ0) is 13.7. The summed E-state index contributed by atoms with van der Waals surface area (Å²) in [6.07, 6.45) is 0.821. The van der Waals surface area contributed by atoms with Crippen LogP contribution in [-0.2, 0) is 6.42 Å². The first-order chi connectivity index (χ1) is 9.20. The van der Waals surface area contributed by atoms with Gasteiger partial charge in [-0.05, 0) is 42.8 Å². The lowest BCUT2D eigenvalue weighted by Crippen LogP contribution is -2.19. The molecule has 0 aliphatic rings. The van der Waals surface area contributed by atoms with Crippen LogP contribution < -0.4 is 5.32 Å². The highest BCUT2D eigenvalue weighted by Crippen LogP contribution is 2.27. The van der Waals surface area contributed by atoms with E-state index in [1.165, 1.54) is 11.6 Å². The van der Waals surface area contributed by atoms with E-state index in [0.29, 0.717) is 5.92 Å². The van der Waals surface area contributed by atoms with Gasteiger partial charge in [0.2, 0.25) is 0 Å². The van der Waals surface area contributed by atoms with Crippen molar-refractivity contribution in [2.45, 2.75) is 12.3 Å². The lowest BCUT2D eigenvalue weighted by atomic mass is 9.92. The second-order valence-corrected chi connectivity index (χ2v) is 5.46. The Morgan fingerprint density at radius 1 is 1.16 bits per heavy atom. The summed E-state index contributed by atoms with van der Waals surface area (Å²) in [6.45, 7) is 0.860.